The molecular weight excluding hydrogens is 290 g/mol. The fourth-order valence-corrected chi connectivity index (χ4v) is 3.60. The molecule has 3 heteroatoms. The van der Waals surface area contributed by atoms with Crippen molar-refractivity contribution in [3.63, 3.8) is 0 Å². The number of benzene rings is 1. The van der Waals surface area contributed by atoms with Crippen molar-refractivity contribution in [3.8, 4) is 0 Å². The van der Waals surface area contributed by atoms with Crippen molar-refractivity contribution in [2.45, 2.75) is 39.7 Å². The number of alkyl halides is 1. The molecule has 0 aromatic heterocycles. The van der Waals surface area contributed by atoms with Gasteiger partial charge in [-0.15, -0.1) is 0 Å². The van der Waals surface area contributed by atoms with Crippen LogP contribution in [-0.4, -0.2) is 28.7 Å². The van der Waals surface area contributed by atoms with E-state index in [1.807, 2.05) is 18.7 Å². The number of carbonyl (C=O) groups excluding carboxylic acids is 1. The van der Waals surface area contributed by atoms with E-state index >= 15 is 0 Å². The van der Waals surface area contributed by atoms with Crippen LogP contribution < -0.4 is 0 Å². The third kappa shape index (κ3) is 2.46. The Balaban J connectivity index is 2.34. The molecule has 0 N–H and O–H groups in total. The fourth-order valence-electron chi connectivity index (χ4n) is 2.92. The molecule has 1 amide bonds. The summed E-state index contributed by atoms with van der Waals surface area (Å²) in [6, 6.07) is 4.55. The maximum absolute atomic E-state index is 12.7. The average Bonchev–Trinajstić information content (AvgIpc) is 2.75. The normalized spacial score (nSPS) is 19.3. The predicted octanol–water partition coefficient (Wildman–Crippen LogP) is 3.61. The minimum Gasteiger partial charge on any atom is -0.335 e. The summed E-state index contributed by atoms with van der Waals surface area (Å²) in [6.45, 7) is 7.03. The number of nitrogens with zero attached hydrogens (tertiary/aromatic N) is 1. The summed E-state index contributed by atoms with van der Waals surface area (Å²) >= 11 is 3.51. The summed E-state index contributed by atoms with van der Waals surface area (Å²) in [7, 11) is 0. The second kappa shape index (κ2) is 5.43. The topological polar surface area (TPSA) is 20.3 Å². The maximum atomic E-state index is 12.7. The SMILES string of the molecule is Cc1cc(C)c(C(=O)N2CCCC2CBr)c(C)c1. The van der Waals surface area contributed by atoms with Crippen LogP contribution in [0.15, 0.2) is 12.1 Å². The highest BCUT2D eigenvalue weighted by atomic mass is 79.9. The van der Waals surface area contributed by atoms with Crippen molar-refractivity contribution in [2.75, 3.05) is 11.9 Å². The zero-order valence-corrected chi connectivity index (χ0v) is 12.9. The van der Waals surface area contributed by atoms with Crippen molar-refractivity contribution < 1.29 is 4.79 Å². The monoisotopic (exact) mass is 309 g/mol. The molecule has 1 aliphatic heterocycles. The van der Waals surface area contributed by atoms with Crippen LogP contribution in [0.5, 0.6) is 0 Å². The number of halogens is 1. The highest BCUT2D eigenvalue weighted by molar-refractivity contribution is 9.09. The summed E-state index contributed by atoms with van der Waals surface area (Å²) < 4.78 is 0. The molecule has 18 heavy (non-hydrogen) atoms. The maximum Gasteiger partial charge on any atom is 0.254 e. The van der Waals surface area contributed by atoms with Gasteiger partial charge in [-0.25, -0.2) is 0 Å². The molecule has 2 nitrogen and oxygen atoms in total. The molecule has 98 valence electrons. The molecule has 1 saturated heterocycles. The average molecular weight is 310 g/mol. The van der Waals surface area contributed by atoms with Crippen molar-refractivity contribution >= 4 is 21.8 Å². The first-order valence-electron chi connectivity index (χ1n) is 6.49. The van der Waals surface area contributed by atoms with Gasteiger partial charge >= 0.3 is 0 Å². The zero-order valence-electron chi connectivity index (χ0n) is 11.3. The minimum atomic E-state index is 0.201. The summed E-state index contributed by atoms with van der Waals surface area (Å²) in [4.78, 5) is 14.7. The smallest absolute Gasteiger partial charge is 0.254 e. The first kappa shape index (κ1) is 13.6. The van der Waals surface area contributed by atoms with Gasteiger partial charge in [-0.05, 0) is 44.7 Å². The first-order chi connectivity index (χ1) is 8.54. The Morgan fingerprint density at radius 2 is 1.94 bits per heavy atom. The molecule has 1 aromatic carbocycles. The second-order valence-electron chi connectivity index (χ2n) is 5.22. The number of hydrogen-bond acceptors (Lipinski definition) is 1. The molecular formula is C15H20BrNO. The van der Waals surface area contributed by atoms with Crippen LogP contribution in [0.3, 0.4) is 0 Å². The third-order valence-electron chi connectivity index (χ3n) is 3.71. The van der Waals surface area contributed by atoms with E-state index in [1.165, 1.54) is 5.56 Å². The highest BCUT2D eigenvalue weighted by Crippen LogP contribution is 2.25. The van der Waals surface area contributed by atoms with Gasteiger partial charge in [0.2, 0.25) is 0 Å². The lowest BCUT2D eigenvalue weighted by molar-refractivity contribution is 0.0749. The van der Waals surface area contributed by atoms with E-state index in [1.54, 1.807) is 0 Å². The standard InChI is InChI=1S/C15H20BrNO/c1-10-7-11(2)14(12(3)8-10)15(18)17-6-4-5-13(17)9-16/h7-8,13H,4-6,9H2,1-3H3. The van der Waals surface area contributed by atoms with Crippen LogP contribution in [0.4, 0.5) is 0 Å². The Morgan fingerprint density at radius 3 is 2.50 bits per heavy atom. The molecule has 1 fully saturated rings. The van der Waals surface area contributed by atoms with Crippen molar-refractivity contribution in [1.29, 1.82) is 0 Å². The largest absolute Gasteiger partial charge is 0.335 e. The Kier molecular flexibility index (Phi) is 4.10. The molecule has 2 rings (SSSR count). The van der Waals surface area contributed by atoms with Crippen LogP contribution in [0, 0.1) is 20.8 Å². The summed E-state index contributed by atoms with van der Waals surface area (Å²) in [6.07, 6.45) is 2.23. The first-order valence-corrected chi connectivity index (χ1v) is 7.61. The number of hydrogen-bond donors (Lipinski definition) is 0. The lowest BCUT2D eigenvalue weighted by atomic mass is 9.98. The molecule has 0 bridgehead atoms. The van der Waals surface area contributed by atoms with Crippen LogP contribution in [0.2, 0.25) is 0 Å². The quantitative estimate of drug-likeness (QED) is 0.764. The minimum absolute atomic E-state index is 0.201. The zero-order chi connectivity index (χ0) is 13.3. The predicted molar refractivity (Wildman–Crippen MR) is 78.5 cm³/mol. The molecule has 0 spiro atoms. The van der Waals surface area contributed by atoms with E-state index < -0.39 is 0 Å². The number of aryl methyl sites for hydroxylation is 3. The van der Waals surface area contributed by atoms with Crippen molar-refractivity contribution in [1.82, 2.24) is 4.90 Å². The highest BCUT2D eigenvalue weighted by Gasteiger charge is 2.29. The molecule has 1 aromatic rings. The van der Waals surface area contributed by atoms with E-state index in [-0.39, 0.29) is 5.91 Å². The van der Waals surface area contributed by atoms with Crippen LogP contribution in [0.1, 0.15) is 39.9 Å². The van der Waals surface area contributed by atoms with Gasteiger partial charge in [-0.2, -0.15) is 0 Å². The lowest BCUT2D eigenvalue weighted by Gasteiger charge is -2.25. The van der Waals surface area contributed by atoms with Gasteiger partial charge in [-0.3, -0.25) is 4.79 Å². The molecule has 1 heterocycles. The van der Waals surface area contributed by atoms with Gasteiger partial charge in [0.1, 0.15) is 0 Å². The summed E-state index contributed by atoms with van der Waals surface area (Å²) in [5.41, 5.74) is 4.31. The molecule has 0 saturated carbocycles. The van der Waals surface area contributed by atoms with E-state index in [9.17, 15) is 4.79 Å². The Bertz CT molecular complexity index is 447. The summed E-state index contributed by atoms with van der Waals surface area (Å²) in [5, 5.41) is 0.878. The van der Waals surface area contributed by atoms with Crippen LogP contribution >= 0.6 is 15.9 Å². The molecule has 0 radical (unpaired) electrons. The number of likely N-dealkylation sites (tertiary alicyclic amines) is 1. The van der Waals surface area contributed by atoms with E-state index in [0.29, 0.717) is 6.04 Å². The van der Waals surface area contributed by atoms with Gasteiger partial charge in [0.15, 0.2) is 0 Å². The Labute approximate surface area is 117 Å². The number of amides is 1. The van der Waals surface area contributed by atoms with Gasteiger partial charge < -0.3 is 4.90 Å². The van der Waals surface area contributed by atoms with Crippen LogP contribution in [0.25, 0.3) is 0 Å². The van der Waals surface area contributed by atoms with Crippen molar-refractivity contribution in [3.05, 3.63) is 34.4 Å². The number of rotatable bonds is 2. The van der Waals surface area contributed by atoms with E-state index in [2.05, 4.69) is 35.0 Å². The van der Waals surface area contributed by atoms with Crippen LogP contribution in [-0.2, 0) is 0 Å². The molecule has 1 atom stereocenters. The van der Waals surface area contributed by atoms with Gasteiger partial charge in [0.05, 0.1) is 0 Å². The summed E-state index contributed by atoms with van der Waals surface area (Å²) in [5.74, 6) is 0.201. The van der Waals surface area contributed by atoms with E-state index in [4.69, 9.17) is 0 Å². The van der Waals surface area contributed by atoms with Gasteiger partial charge in [0.25, 0.3) is 5.91 Å². The van der Waals surface area contributed by atoms with Crippen molar-refractivity contribution in [2.24, 2.45) is 0 Å². The molecule has 1 unspecified atom stereocenters. The van der Waals surface area contributed by atoms with Gasteiger partial charge in [0, 0.05) is 23.5 Å². The third-order valence-corrected chi connectivity index (χ3v) is 4.45. The number of carbonyl (C=O) groups is 1. The molecule has 1 aliphatic rings. The fraction of sp³-hybridized carbons (Fsp3) is 0.533. The Morgan fingerprint density at radius 1 is 1.33 bits per heavy atom. The Hall–Kier alpha value is -0.830. The second-order valence-corrected chi connectivity index (χ2v) is 5.87. The lowest BCUT2D eigenvalue weighted by Crippen LogP contribution is -2.37. The van der Waals surface area contributed by atoms with Gasteiger partial charge in [-0.1, -0.05) is 33.6 Å². The molecule has 0 aliphatic carbocycles. The van der Waals surface area contributed by atoms with E-state index in [0.717, 1.165) is 41.4 Å².